The van der Waals surface area contributed by atoms with E-state index in [9.17, 15) is 5.11 Å². The van der Waals surface area contributed by atoms with Gasteiger partial charge in [-0.1, -0.05) is 30.3 Å². The number of piperidine rings is 1. The van der Waals surface area contributed by atoms with Gasteiger partial charge in [0.1, 0.15) is 0 Å². The van der Waals surface area contributed by atoms with Gasteiger partial charge in [0.25, 0.3) is 0 Å². The number of likely N-dealkylation sites (tertiary alicyclic amines) is 1. The Morgan fingerprint density at radius 2 is 2.09 bits per heavy atom. The molecule has 0 spiro atoms. The smallest absolute Gasteiger partial charge is 0.0723 e. The Bertz CT molecular complexity index is 453. The lowest BCUT2D eigenvalue weighted by Gasteiger charge is -2.33. The van der Waals surface area contributed by atoms with E-state index in [1.54, 1.807) is 0 Å². The van der Waals surface area contributed by atoms with E-state index in [4.69, 9.17) is 4.74 Å². The van der Waals surface area contributed by atoms with Gasteiger partial charge in [-0.05, 0) is 43.7 Å². The highest BCUT2D eigenvalue weighted by atomic mass is 16.5. The maximum atomic E-state index is 9.96. The largest absolute Gasteiger partial charge is 0.392 e. The number of rotatable bonds is 8. The Morgan fingerprint density at radius 3 is 2.77 bits per heavy atom. The van der Waals surface area contributed by atoms with Gasteiger partial charge in [0.05, 0.1) is 18.8 Å². The molecule has 122 valence electrons. The van der Waals surface area contributed by atoms with E-state index < -0.39 is 0 Å². The van der Waals surface area contributed by atoms with Crippen molar-refractivity contribution in [1.82, 2.24) is 4.90 Å². The van der Waals surface area contributed by atoms with E-state index >= 15 is 0 Å². The van der Waals surface area contributed by atoms with Crippen molar-refractivity contribution >= 4 is 0 Å². The van der Waals surface area contributed by atoms with Crippen LogP contribution in [0.2, 0.25) is 0 Å². The van der Waals surface area contributed by atoms with E-state index in [0.717, 1.165) is 45.3 Å². The van der Waals surface area contributed by atoms with Gasteiger partial charge in [0.2, 0.25) is 0 Å². The van der Waals surface area contributed by atoms with Crippen molar-refractivity contribution in [2.24, 2.45) is 0 Å². The zero-order valence-corrected chi connectivity index (χ0v) is 13.7. The fourth-order valence-electron chi connectivity index (χ4n) is 2.94. The van der Waals surface area contributed by atoms with Crippen molar-refractivity contribution in [2.75, 3.05) is 19.6 Å². The number of allylic oxidation sites excluding steroid dienone is 1. The summed E-state index contributed by atoms with van der Waals surface area (Å²) in [7, 11) is 0. The van der Waals surface area contributed by atoms with Crippen molar-refractivity contribution in [2.45, 2.75) is 51.4 Å². The van der Waals surface area contributed by atoms with E-state index in [-0.39, 0.29) is 6.10 Å². The van der Waals surface area contributed by atoms with Crippen LogP contribution in [0.25, 0.3) is 0 Å². The topological polar surface area (TPSA) is 32.7 Å². The third-order valence-electron chi connectivity index (χ3n) is 4.44. The number of benzene rings is 1. The predicted octanol–water partition coefficient (Wildman–Crippen LogP) is 3.30. The number of aliphatic hydroxyl groups excluding tert-OH is 1. The Hall–Kier alpha value is -1.16. The Labute approximate surface area is 134 Å². The molecule has 1 unspecified atom stereocenters. The highest BCUT2D eigenvalue weighted by Gasteiger charge is 2.21. The lowest BCUT2D eigenvalue weighted by Crippen LogP contribution is -2.41. The number of ether oxygens (including phenoxy) is 1. The highest BCUT2D eigenvalue weighted by Crippen LogP contribution is 2.17. The van der Waals surface area contributed by atoms with Crippen molar-refractivity contribution in [3.05, 3.63) is 48.0 Å². The van der Waals surface area contributed by atoms with Crippen LogP contribution in [0.4, 0.5) is 0 Å². The molecular weight excluding hydrogens is 274 g/mol. The minimum atomic E-state index is -0.234. The zero-order valence-electron chi connectivity index (χ0n) is 13.7. The summed E-state index contributed by atoms with van der Waals surface area (Å²) in [5.41, 5.74) is 2.58. The van der Waals surface area contributed by atoms with Gasteiger partial charge < -0.3 is 14.7 Å². The van der Waals surface area contributed by atoms with Gasteiger partial charge in [-0.2, -0.15) is 0 Å². The molecule has 1 N–H and O–H groups in total. The first-order chi connectivity index (χ1) is 10.7. The summed E-state index contributed by atoms with van der Waals surface area (Å²) in [6, 6.07) is 8.40. The molecule has 1 heterocycles. The van der Waals surface area contributed by atoms with Gasteiger partial charge in [0, 0.05) is 19.6 Å². The van der Waals surface area contributed by atoms with Gasteiger partial charge >= 0.3 is 0 Å². The van der Waals surface area contributed by atoms with Gasteiger partial charge in [-0.15, -0.1) is 6.58 Å². The highest BCUT2D eigenvalue weighted by molar-refractivity contribution is 5.24. The lowest BCUT2D eigenvalue weighted by atomic mass is 10.1. The molecule has 1 aromatic carbocycles. The number of aryl methyl sites for hydroxylation is 1. The quantitative estimate of drug-likeness (QED) is 0.748. The molecule has 0 aliphatic carbocycles. The third-order valence-corrected chi connectivity index (χ3v) is 4.44. The van der Waals surface area contributed by atoms with E-state index in [1.165, 1.54) is 11.1 Å². The fourth-order valence-corrected chi connectivity index (χ4v) is 2.94. The first-order valence-corrected chi connectivity index (χ1v) is 8.36. The van der Waals surface area contributed by atoms with Gasteiger partial charge in [-0.25, -0.2) is 0 Å². The Kier molecular flexibility index (Phi) is 7.10. The number of hydrogen-bond acceptors (Lipinski definition) is 3. The number of aliphatic hydroxyl groups is 1. The second-order valence-electron chi connectivity index (χ2n) is 6.26. The fraction of sp³-hybridized carbons (Fsp3) is 0.579. The van der Waals surface area contributed by atoms with E-state index in [0.29, 0.717) is 12.7 Å². The van der Waals surface area contributed by atoms with E-state index in [1.807, 2.05) is 6.08 Å². The number of β-amino-alcohol motifs (C(OH)–C–C–N with tert-alkyl or cyclic N) is 1. The summed E-state index contributed by atoms with van der Waals surface area (Å²) in [5, 5.41) is 9.96. The second kappa shape index (κ2) is 9.09. The van der Waals surface area contributed by atoms with E-state index in [2.05, 4.69) is 42.7 Å². The van der Waals surface area contributed by atoms with Crippen LogP contribution >= 0.6 is 0 Å². The molecule has 1 aliphatic heterocycles. The predicted molar refractivity (Wildman–Crippen MR) is 90.9 cm³/mol. The second-order valence-corrected chi connectivity index (χ2v) is 6.26. The summed E-state index contributed by atoms with van der Waals surface area (Å²) >= 11 is 0. The monoisotopic (exact) mass is 303 g/mol. The molecule has 1 aliphatic rings. The van der Waals surface area contributed by atoms with Crippen LogP contribution < -0.4 is 0 Å². The summed E-state index contributed by atoms with van der Waals surface area (Å²) in [5.74, 6) is 0. The van der Waals surface area contributed by atoms with Crippen molar-refractivity contribution in [3.63, 3.8) is 0 Å². The van der Waals surface area contributed by atoms with Gasteiger partial charge in [-0.3, -0.25) is 0 Å². The molecule has 0 bridgehead atoms. The molecular formula is C19H29NO2. The molecule has 0 aromatic heterocycles. The maximum absolute atomic E-state index is 9.96. The Balaban J connectivity index is 1.67. The molecule has 3 heteroatoms. The summed E-state index contributed by atoms with van der Waals surface area (Å²) < 4.78 is 6.07. The minimum Gasteiger partial charge on any atom is -0.392 e. The van der Waals surface area contributed by atoms with Crippen LogP contribution in [-0.4, -0.2) is 41.8 Å². The number of nitrogens with zero attached hydrogens (tertiary/aromatic N) is 1. The molecule has 2 rings (SSSR count). The zero-order chi connectivity index (χ0) is 15.8. The molecule has 3 nitrogen and oxygen atoms in total. The van der Waals surface area contributed by atoms with Crippen molar-refractivity contribution in [1.29, 1.82) is 0 Å². The molecule has 1 fully saturated rings. The van der Waals surface area contributed by atoms with Crippen LogP contribution in [-0.2, 0) is 11.3 Å². The van der Waals surface area contributed by atoms with Crippen LogP contribution in [0.5, 0.6) is 0 Å². The van der Waals surface area contributed by atoms with Crippen LogP contribution in [0.3, 0.4) is 0 Å². The molecule has 22 heavy (non-hydrogen) atoms. The Morgan fingerprint density at radius 1 is 1.36 bits per heavy atom. The molecule has 1 saturated heterocycles. The summed E-state index contributed by atoms with van der Waals surface area (Å²) in [6.07, 6.45) is 5.79. The van der Waals surface area contributed by atoms with Gasteiger partial charge in [0.15, 0.2) is 0 Å². The molecule has 1 aromatic rings. The van der Waals surface area contributed by atoms with Crippen LogP contribution in [0.15, 0.2) is 36.9 Å². The molecule has 1 atom stereocenters. The maximum Gasteiger partial charge on any atom is 0.0723 e. The standard InChI is InChI=1S/C19H29NO2/c1-3-4-9-18(21)14-20-12-10-19(11-13-20)22-15-17-8-6-5-7-16(17)2/h3,5-8,18-19,21H,1,4,9-15H2,2H3. The summed E-state index contributed by atoms with van der Waals surface area (Å²) in [4.78, 5) is 2.35. The minimum absolute atomic E-state index is 0.234. The van der Waals surface area contributed by atoms with Crippen molar-refractivity contribution in [3.8, 4) is 0 Å². The average molecular weight is 303 g/mol. The molecule has 0 radical (unpaired) electrons. The molecule has 0 saturated carbocycles. The van der Waals surface area contributed by atoms with Crippen LogP contribution in [0, 0.1) is 6.92 Å². The SMILES string of the molecule is C=CCCC(O)CN1CCC(OCc2ccccc2C)CC1. The molecule has 0 amide bonds. The average Bonchev–Trinajstić information content (AvgIpc) is 2.53. The lowest BCUT2D eigenvalue weighted by molar-refractivity contribution is -0.0113. The first-order valence-electron chi connectivity index (χ1n) is 8.36. The van der Waals surface area contributed by atoms with Crippen LogP contribution in [0.1, 0.15) is 36.8 Å². The summed E-state index contributed by atoms with van der Waals surface area (Å²) in [6.45, 7) is 9.35. The van der Waals surface area contributed by atoms with Crippen molar-refractivity contribution < 1.29 is 9.84 Å². The normalized spacial score (nSPS) is 18.3. The first kappa shape index (κ1) is 17.2. The number of hydrogen-bond donors (Lipinski definition) is 1. The third kappa shape index (κ3) is 5.56.